The minimum absolute atomic E-state index is 0.249. The lowest BCUT2D eigenvalue weighted by molar-refractivity contribution is -0.129. The molecule has 0 radical (unpaired) electrons. The molecule has 66 valence electrons. The Bertz CT molecular complexity index is 115. The lowest BCUT2D eigenvalue weighted by Gasteiger charge is -2.07. The van der Waals surface area contributed by atoms with Crippen LogP contribution in [0.4, 0.5) is 0 Å². The van der Waals surface area contributed by atoms with Gasteiger partial charge in [0.1, 0.15) is 6.10 Å². The number of unbranched alkanes of at least 4 members (excludes halogenated alkanes) is 1. The number of hydrogen-bond donors (Lipinski definition) is 2. The average molecular weight is 159 g/mol. The molecule has 0 spiro atoms. The van der Waals surface area contributed by atoms with Gasteiger partial charge in [-0.05, 0) is 12.8 Å². The number of aliphatic hydroxyl groups is 1. The standard InChI is InChI=1S/C8H17NO2/c1-3-5-6-9-8(11)7(10)4-2/h7,10H,3-6H2,1-2H3,(H,9,11). The number of carbonyl (C=O) groups is 1. The van der Waals surface area contributed by atoms with Crippen molar-refractivity contribution in [3.63, 3.8) is 0 Å². The molecule has 2 N–H and O–H groups in total. The highest BCUT2D eigenvalue weighted by Crippen LogP contribution is 1.89. The number of aliphatic hydroxyl groups excluding tert-OH is 1. The van der Waals surface area contributed by atoms with Crippen LogP contribution in [0.25, 0.3) is 0 Å². The van der Waals surface area contributed by atoms with Crippen LogP contribution in [-0.2, 0) is 4.79 Å². The zero-order chi connectivity index (χ0) is 8.69. The Balaban J connectivity index is 3.36. The average Bonchev–Trinajstić information content (AvgIpc) is 2.03. The molecule has 1 amide bonds. The predicted octanol–water partition coefficient (Wildman–Crippen LogP) is 0.674. The van der Waals surface area contributed by atoms with Gasteiger partial charge < -0.3 is 10.4 Å². The molecule has 0 fully saturated rings. The quantitative estimate of drug-likeness (QED) is 0.579. The number of amides is 1. The van der Waals surface area contributed by atoms with E-state index in [0.717, 1.165) is 12.8 Å². The van der Waals surface area contributed by atoms with Crippen LogP contribution in [-0.4, -0.2) is 23.7 Å². The lowest BCUT2D eigenvalue weighted by Crippen LogP contribution is -2.34. The van der Waals surface area contributed by atoms with Gasteiger partial charge >= 0.3 is 0 Å². The van der Waals surface area contributed by atoms with Crippen LogP contribution in [0.5, 0.6) is 0 Å². The molecule has 1 atom stereocenters. The Hall–Kier alpha value is -0.570. The molecule has 0 aliphatic heterocycles. The first-order valence-corrected chi connectivity index (χ1v) is 4.18. The van der Waals surface area contributed by atoms with E-state index in [0.29, 0.717) is 13.0 Å². The SMILES string of the molecule is CCCCNC(=O)C(O)CC. The zero-order valence-corrected chi connectivity index (χ0v) is 7.26. The smallest absolute Gasteiger partial charge is 0.248 e. The van der Waals surface area contributed by atoms with Crippen molar-refractivity contribution >= 4 is 5.91 Å². The van der Waals surface area contributed by atoms with E-state index in [1.807, 2.05) is 0 Å². The highest BCUT2D eigenvalue weighted by Gasteiger charge is 2.10. The first kappa shape index (κ1) is 10.4. The van der Waals surface area contributed by atoms with Gasteiger partial charge in [0.05, 0.1) is 0 Å². The van der Waals surface area contributed by atoms with Crippen molar-refractivity contribution in [3.05, 3.63) is 0 Å². The Morgan fingerprint density at radius 1 is 1.55 bits per heavy atom. The fourth-order valence-corrected chi connectivity index (χ4v) is 0.692. The lowest BCUT2D eigenvalue weighted by atomic mass is 10.2. The molecule has 3 heteroatoms. The summed E-state index contributed by atoms with van der Waals surface area (Å²) in [7, 11) is 0. The van der Waals surface area contributed by atoms with Crippen LogP contribution in [0.15, 0.2) is 0 Å². The highest BCUT2D eigenvalue weighted by atomic mass is 16.3. The topological polar surface area (TPSA) is 49.3 Å². The molecule has 0 aromatic heterocycles. The van der Waals surface area contributed by atoms with Crippen LogP contribution in [0.3, 0.4) is 0 Å². The van der Waals surface area contributed by atoms with Crippen molar-refractivity contribution in [2.75, 3.05) is 6.54 Å². The fourth-order valence-electron chi connectivity index (χ4n) is 0.692. The van der Waals surface area contributed by atoms with Gasteiger partial charge in [-0.25, -0.2) is 0 Å². The summed E-state index contributed by atoms with van der Waals surface area (Å²) in [6.07, 6.45) is 1.69. The molecule has 3 nitrogen and oxygen atoms in total. The van der Waals surface area contributed by atoms with Gasteiger partial charge in [0.2, 0.25) is 5.91 Å². The normalized spacial score (nSPS) is 12.6. The second kappa shape index (κ2) is 6.16. The van der Waals surface area contributed by atoms with E-state index < -0.39 is 6.10 Å². The summed E-state index contributed by atoms with van der Waals surface area (Å²) in [6, 6.07) is 0. The third-order valence-electron chi connectivity index (χ3n) is 1.52. The van der Waals surface area contributed by atoms with E-state index in [4.69, 9.17) is 5.11 Å². The third-order valence-corrected chi connectivity index (χ3v) is 1.52. The molecule has 0 saturated heterocycles. The van der Waals surface area contributed by atoms with E-state index in [1.54, 1.807) is 6.92 Å². The van der Waals surface area contributed by atoms with Gasteiger partial charge in [0.15, 0.2) is 0 Å². The maximum atomic E-state index is 10.9. The summed E-state index contributed by atoms with van der Waals surface area (Å²) < 4.78 is 0. The Morgan fingerprint density at radius 3 is 2.64 bits per heavy atom. The molecule has 1 unspecified atom stereocenters. The molecule has 0 aliphatic carbocycles. The summed E-state index contributed by atoms with van der Waals surface area (Å²) in [4.78, 5) is 10.9. The summed E-state index contributed by atoms with van der Waals surface area (Å²) >= 11 is 0. The molecule has 0 heterocycles. The monoisotopic (exact) mass is 159 g/mol. The van der Waals surface area contributed by atoms with E-state index in [-0.39, 0.29) is 5.91 Å². The van der Waals surface area contributed by atoms with Crippen LogP contribution in [0.1, 0.15) is 33.1 Å². The maximum absolute atomic E-state index is 10.9. The van der Waals surface area contributed by atoms with Crippen LogP contribution < -0.4 is 5.32 Å². The highest BCUT2D eigenvalue weighted by molar-refractivity contribution is 5.80. The van der Waals surface area contributed by atoms with E-state index in [1.165, 1.54) is 0 Å². The van der Waals surface area contributed by atoms with Crippen molar-refractivity contribution in [1.82, 2.24) is 5.32 Å². The molecule has 0 bridgehead atoms. The summed E-state index contributed by atoms with van der Waals surface area (Å²) in [5.41, 5.74) is 0. The summed E-state index contributed by atoms with van der Waals surface area (Å²) in [5.74, 6) is -0.249. The molecule has 0 rings (SSSR count). The van der Waals surface area contributed by atoms with Gasteiger partial charge in [0.25, 0.3) is 0 Å². The maximum Gasteiger partial charge on any atom is 0.248 e. The van der Waals surface area contributed by atoms with Gasteiger partial charge in [-0.2, -0.15) is 0 Å². The van der Waals surface area contributed by atoms with E-state index in [2.05, 4.69) is 12.2 Å². The molecule has 0 aromatic rings. The third kappa shape index (κ3) is 4.79. The molecule has 0 aromatic carbocycles. The minimum atomic E-state index is -0.827. The first-order valence-electron chi connectivity index (χ1n) is 4.18. The molecular formula is C8H17NO2. The minimum Gasteiger partial charge on any atom is -0.383 e. The Morgan fingerprint density at radius 2 is 2.18 bits per heavy atom. The molecule has 0 aliphatic rings. The van der Waals surface area contributed by atoms with Crippen molar-refractivity contribution in [1.29, 1.82) is 0 Å². The van der Waals surface area contributed by atoms with Gasteiger partial charge in [-0.1, -0.05) is 20.3 Å². The van der Waals surface area contributed by atoms with Gasteiger partial charge in [0, 0.05) is 6.54 Å². The number of hydrogen-bond acceptors (Lipinski definition) is 2. The number of carbonyl (C=O) groups excluding carboxylic acids is 1. The number of nitrogens with one attached hydrogen (secondary N) is 1. The van der Waals surface area contributed by atoms with E-state index in [9.17, 15) is 4.79 Å². The zero-order valence-electron chi connectivity index (χ0n) is 7.26. The predicted molar refractivity (Wildman–Crippen MR) is 44.2 cm³/mol. The Labute approximate surface area is 67.8 Å². The fraction of sp³-hybridized carbons (Fsp3) is 0.875. The van der Waals surface area contributed by atoms with E-state index >= 15 is 0 Å². The Kier molecular flexibility index (Phi) is 5.84. The van der Waals surface area contributed by atoms with Crippen molar-refractivity contribution < 1.29 is 9.90 Å². The molecule has 0 saturated carbocycles. The van der Waals surface area contributed by atoms with Gasteiger partial charge in [-0.3, -0.25) is 4.79 Å². The van der Waals surface area contributed by atoms with Crippen molar-refractivity contribution in [3.8, 4) is 0 Å². The first-order chi connectivity index (χ1) is 5.22. The van der Waals surface area contributed by atoms with Gasteiger partial charge in [-0.15, -0.1) is 0 Å². The molecular weight excluding hydrogens is 142 g/mol. The summed E-state index contributed by atoms with van der Waals surface area (Å²) in [5, 5.41) is 11.7. The van der Waals surface area contributed by atoms with Crippen molar-refractivity contribution in [2.24, 2.45) is 0 Å². The van der Waals surface area contributed by atoms with Crippen LogP contribution >= 0.6 is 0 Å². The summed E-state index contributed by atoms with van der Waals surface area (Å²) in [6.45, 7) is 4.51. The van der Waals surface area contributed by atoms with Crippen LogP contribution in [0.2, 0.25) is 0 Å². The van der Waals surface area contributed by atoms with Crippen molar-refractivity contribution in [2.45, 2.75) is 39.2 Å². The van der Waals surface area contributed by atoms with Crippen LogP contribution in [0, 0.1) is 0 Å². The largest absolute Gasteiger partial charge is 0.383 e. The number of rotatable bonds is 5. The molecule has 11 heavy (non-hydrogen) atoms. The second-order valence-corrected chi connectivity index (χ2v) is 2.57. The second-order valence-electron chi connectivity index (χ2n) is 2.57.